The first kappa shape index (κ1) is 27.1. The van der Waals surface area contributed by atoms with Crippen molar-refractivity contribution in [2.24, 2.45) is 0 Å². The van der Waals surface area contributed by atoms with Crippen LogP contribution in [0.15, 0.2) is 144 Å². The number of aryl methyl sites for hydroxylation is 2. The minimum absolute atomic E-state index is 0.947. The summed E-state index contributed by atoms with van der Waals surface area (Å²) in [6.45, 7) is 8.27. The van der Waals surface area contributed by atoms with Crippen LogP contribution >= 0.6 is 0 Å². The minimum Gasteiger partial charge on any atom is -0.456 e. The summed E-state index contributed by atoms with van der Waals surface area (Å²) in [6.07, 6.45) is 0. The maximum Gasteiger partial charge on any atom is 0.135 e. The molecule has 0 fully saturated rings. The standard InChI is InChI=1S/C19H15N.C19H14O.C2H6/c1-14-11-12-19-17(13-14)16-9-5-6-10-18(16)20(19)15-7-3-2-4-8-15;1-13-5-4-6-14(11-13)15-9-10-19-17(12-15)16-7-2-3-8-18(16)20-19;1-2/h2-13H,1H3;2-12H,1H3;1-2H3. The lowest BCUT2D eigenvalue weighted by Crippen LogP contribution is -1.92. The molecule has 0 atom stereocenters. The molecule has 0 radical (unpaired) electrons. The molecule has 0 aliphatic carbocycles. The highest BCUT2D eigenvalue weighted by atomic mass is 16.3. The van der Waals surface area contributed by atoms with Crippen molar-refractivity contribution in [2.45, 2.75) is 27.7 Å². The quantitative estimate of drug-likeness (QED) is 0.211. The van der Waals surface area contributed by atoms with Gasteiger partial charge >= 0.3 is 0 Å². The number of fused-ring (bicyclic) bond motifs is 6. The van der Waals surface area contributed by atoms with E-state index in [1.807, 2.05) is 26.0 Å². The van der Waals surface area contributed by atoms with Crippen LogP contribution in [0, 0.1) is 13.8 Å². The molecule has 42 heavy (non-hydrogen) atoms. The van der Waals surface area contributed by atoms with Gasteiger partial charge in [-0.25, -0.2) is 0 Å². The van der Waals surface area contributed by atoms with Crippen LogP contribution in [0.25, 0.3) is 60.6 Å². The van der Waals surface area contributed by atoms with Crippen molar-refractivity contribution in [3.05, 3.63) is 151 Å². The van der Waals surface area contributed by atoms with Crippen molar-refractivity contribution in [1.29, 1.82) is 0 Å². The monoisotopic (exact) mass is 545 g/mol. The Morgan fingerprint density at radius 3 is 1.88 bits per heavy atom. The normalized spacial score (nSPS) is 10.9. The Morgan fingerprint density at radius 1 is 0.429 bits per heavy atom. The van der Waals surface area contributed by atoms with E-state index < -0.39 is 0 Å². The first-order chi connectivity index (χ1) is 20.7. The zero-order chi connectivity index (χ0) is 29.1. The first-order valence-corrected chi connectivity index (χ1v) is 14.7. The van der Waals surface area contributed by atoms with Gasteiger partial charge in [-0.05, 0) is 73.5 Å². The molecule has 206 valence electrons. The number of rotatable bonds is 2. The lowest BCUT2D eigenvalue weighted by atomic mass is 10.0. The van der Waals surface area contributed by atoms with Gasteiger partial charge < -0.3 is 8.98 Å². The molecule has 0 N–H and O–H groups in total. The fourth-order valence-electron chi connectivity index (χ4n) is 5.67. The molecule has 2 heterocycles. The molecule has 0 bridgehead atoms. The van der Waals surface area contributed by atoms with Gasteiger partial charge in [0.2, 0.25) is 0 Å². The third kappa shape index (κ3) is 5.08. The molecule has 0 saturated carbocycles. The Bertz CT molecular complexity index is 2130. The number of aromatic nitrogens is 1. The van der Waals surface area contributed by atoms with E-state index in [0.29, 0.717) is 0 Å². The molecule has 0 saturated heterocycles. The summed E-state index contributed by atoms with van der Waals surface area (Å²) in [4.78, 5) is 0. The Hall–Kier alpha value is -5.08. The smallest absolute Gasteiger partial charge is 0.135 e. The van der Waals surface area contributed by atoms with Crippen LogP contribution in [0.5, 0.6) is 0 Å². The van der Waals surface area contributed by atoms with E-state index in [9.17, 15) is 0 Å². The summed E-state index contributed by atoms with van der Waals surface area (Å²) in [5.41, 5.74) is 10.7. The van der Waals surface area contributed by atoms with Crippen molar-refractivity contribution in [2.75, 3.05) is 0 Å². The predicted octanol–water partition coefficient (Wildman–Crippen LogP) is 11.7. The topological polar surface area (TPSA) is 18.1 Å². The third-order valence-corrected chi connectivity index (χ3v) is 7.57. The second-order valence-electron chi connectivity index (χ2n) is 10.4. The third-order valence-electron chi connectivity index (χ3n) is 7.57. The minimum atomic E-state index is 0.947. The Kier molecular flexibility index (Phi) is 7.62. The summed E-state index contributed by atoms with van der Waals surface area (Å²) < 4.78 is 8.20. The zero-order valence-electron chi connectivity index (χ0n) is 24.6. The van der Waals surface area contributed by atoms with Gasteiger partial charge in [0.25, 0.3) is 0 Å². The van der Waals surface area contributed by atoms with Crippen LogP contribution in [0.2, 0.25) is 0 Å². The average Bonchev–Trinajstić information content (AvgIpc) is 3.58. The SMILES string of the molecule is CC.Cc1ccc2c(c1)c1ccccc1n2-c1ccccc1.Cc1cccc(-c2ccc3oc4ccccc4c3c2)c1. The number of furan rings is 1. The Labute approximate surface area is 247 Å². The molecule has 0 unspecified atom stereocenters. The van der Waals surface area contributed by atoms with Crippen molar-refractivity contribution >= 4 is 43.7 Å². The van der Waals surface area contributed by atoms with Gasteiger partial charge in [-0.3, -0.25) is 0 Å². The molecular formula is C40H35NO. The van der Waals surface area contributed by atoms with Crippen LogP contribution in [0.3, 0.4) is 0 Å². The van der Waals surface area contributed by atoms with E-state index in [2.05, 4.69) is 146 Å². The van der Waals surface area contributed by atoms with E-state index in [1.165, 1.54) is 60.5 Å². The van der Waals surface area contributed by atoms with Gasteiger partial charge in [0.1, 0.15) is 11.2 Å². The summed E-state index contributed by atoms with van der Waals surface area (Å²) in [7, 11) is 0. The number of para-hydroxylation sites is 3. The number of nitrogens with zero attached hydrogens (tertiary/aromatic N) is 1. The zero-order valence-corrected chi connectivity index (χ0v) is 24.6. The van der Waals surface area contributed by atoms with Crippen molar-refractivity contribution in [1.82, 2.24) is 4.57 Å². The summed E-state index contributed by atoms with van der Waals surface area (Å²) in [5, 5.41) is 5.00. The second-order valence-corrected chi connectivity index (χ2v) is 10.4. The van der Waals surface area contributed by atoms with Crippen LogP contribution in [-0.2, 0) is 0 Å². The molecule has 0 amide bonds. The first-order valence-electron chi connectivity index (χ1n) is 14.7. The van der Waals surface area contributed by atoms with Gasteiger partial charge in [-0.2, -0.15) is 0 Å². The maximum absolute atomic E-state index is 5.87. The lowest BCUT2D eigenvalue weighted by Gasteiger charge is -2.07. The fourth-order valence-corrected chi connectivity index (χ4v) is 5.67. The molecule has 2 nitrogen and oxygen atoms in total. The Morgan fingerprint density at radius 2 is 1.07 bits per heavy atom. The maximum atomic E-state index is 5.87. The average molecular weight is 546 g/mol. The highest BCUT2D eigenvalue weighted by molar-refractivity contribution is 6.09. The number of hydrogen-bond acceptors (Lipinski definition) is 1. The van der Waals surface area contributed by atoms with Crippen LogP contribution in [0.1, 0.15) is 25.0 Å². The molecule has 2 aromatic heterocycles. The second kappa shape index (κ2) is 11.8. The van der Waals surface area contributed by atoms with Crippen LogP contribution in [-0.4, -0.2) is 4.57 Å². The number of benzene rings is 6. The van der Waals surface area contributed by atoms with Gasteiger partial charge in [-0.1, -0.05) is 116 Å². The van der Waals surface area contributed by atoms with Crippen molar-refractivity contribution < 1.29 is 4.42 Å². The highest BCUT2D eigenvalue weighted by Crippen LogP contribution is 2.33. The fraction of sp³-hybridized carbons (Fsp3) is 0.100. The molecule has 6 aromatic carbocycles. The predicted molar refractivity (Wildman–Crippen MR) is 181 cm³/mol. The molecule has 0 spiro atoms. The van der Waals surface area contributed by atoms with E-state index in [1.54, 1.807) is 0 Å². The summed E-state index contributed by atoms with van der Waals surface area (Å²) in [5.74, 6) is 0. The van der Waals surface area contributed by atoms with E-state index in [-0.39, 0.29) is 0 Å². The molecule has 0 aliphatic heterocycles. The van der Waals surface area contributed by atoms with Gasteiger partial charge in [0.15, 0.2) is 0 Å². The van der Waals surface area contributed by atoms with Gasteiger partial charge in [-0.15, -0.1) is 0 Å². The summed E-state index contributed by atoms with van der Waals surface area (Å²) in [6, 6.07) is 49.0. The van der Waals surface area contributed by atoms with Crippen LogP contribution < -0.4 is 0 Å². The lowest BCUT2D eigenvalue weighted by molar-refractivity contribution is 0.669. The van der Waals surface area contributed by atoms with Crippen molar-refractivity contribution in [3.8, 4) is 16.8 Å². The van der Waals surface area contributed by atoms with Crippen LogP contribution in [0.4, 0.5) is 0 Å². The molecule has 2 heteroatoms. The highest BCUT2D eigenvalue weighted by Gasteiger charge is 2.11. The Balaban J connectivity index is 0.000000142. The van der Waals surface area contributed by atoms with Gasteiger partial charge in [0.05, 0.1) is 11.0 Å². The van der Waals surface area contributed by atoms with E-state index in [0.717, 1.165) is 11.2 Å². The summed E-state index contributed by atoms with van der Waals surface area (Å²) >= 11 is 0. The molecule has 8 aromatic rings. The van der Waals surface area contributed by atoms with Gasteiger partial charge in [0, 0.05) is 27.2 Å². The largest absolute Gasteiger partial charge is 0.456 e. The van der Waals surface area contributed by atoms with E-state index >= 15 is 0 Å². The van der Waals surface area contributed by atoms with E-state index in [4.69, 9.17) is 4.42 Å². The molecule has 8 rings (SSSR count). The molecule has 0 aliphatic rings. The number of hydrogen-bond donors (Lipinski definition) is 0. The van der Waals surface area contributed by atoms with Crippen molar-refractivity contribution in [3.63, 3.8) is 0 Å². The molecular weight excluding hydrogens is 510 g/mol.